The van der Waals surface area contributed by atoms with Crippen molar-refractivity contribution in [3.63, 3.8) is 0 Å². The molecule has 1 heterocycles. The van der Waals surface area contributed by atoms with E-state index in [0.717, 1.165) is 23.2 Å². The molecule has 1 N–H and O–H groups in total. The maximum atomic E-state index is 5.55. The highest BCUT2D eigenvalue weighted by atomic mass is 79.9. The van der Waals surface area contributed by atoms with Crippen molar-refractivity contribution < 1.29 is 4.42 Å². The fraction of sp³-hybridized carbons (Fsp3) is 0.714. The maximum absolute atomic E-state index is 5.55. The van der Waals surface area contributed by atoms with E-state index in [1.165, 1.54) is 32.1 Å². The normalized spacial score (nSPS) is 12.9. The van der Waals surface area contributed by atoms with E-state index in [4.69, 9.17) is 4.42 Å². The van der Waals surface area contributed by atoms with Crippen LogP contribution in [0.2, 0.25) is 0 Å². The standard InChI is InChI=1S/C14H24BrNO/c1-3-5-6-7-8-9-13(16-4-2)14-12(15)10-11-17-14/h10-11,13,16H,3-9H2,1-2H3. The van der Waals surface area contributed by atoms with Crippen LogP contribution in [-0.2, 0) is 0 Å². The van der Waals surface area contributed by atoms with Crippen LogP contribution in [0.5, 0.6) is 0 Å². The van der Waals surface area contributed by atoms with Crippen LogP contribution in [0, 0.1) is 0 Å². The topological polar surface area (TPSA) is 25.2 Å². The molecule has 17 heavy (non-hydrogen) atoms. The zero-order valence-corrected chi connectivity index (χ0v) is 12.6. The first-order valence-electron chi connectivity index (χ1n) is 6.75. The number of furan rings is 1. The van der Waals surface area contributed by atoms with Gasteiger partial charge in [-0.1, -0.05) is 46.0 Å². The molecule has 0 aliphatic rings. The van der Waals surface area contributed by atoms with Crippen molar-refractivity contribution in [3.05, 3.63) is 22.6 Å². The lowest BCUT2D eigenvalue weighted by molar-refractivity contribution is 0.387. The molecule has 3 heteroatoms. The predicted molar refractivity (Wildman–Crippen MR) is 76.2 cm³/mol. The summed E-state index contributed by atoms with van der Waals surface area (Å²) < 4.78 is 6.63. The quantitative estimate of drug-likeness (QED) is 0.645. The van der Waals surface area contributed by atoms with Gasteiger partial charge in [0, 0.05) is 0 Å². The van der Waals surface area contributed by atoms with Crippen LogP contribution in [0.1, 0.15) is 64.2 Å². The van der Waals surface area contributed by atoms with Gasteiger partial charge in [0.25, 0.3) is 0 Å². The van der Waals surface area contributed by atoms with Gasteiger partial charge in [-0.05, 0) is 35.0 Å². The minimum atomic E-state index is 0.353. The third-order valence-corrected chi connectivity index (χ3v) is 3.66. The van der Waals surface area contributed by atoms with E-state index < -0.39 is 0 Å². The van der Waals surface area contributed by atoms with E-state index in [-0.39, 0.29) is 0 Å². The van der Waals surface area contributed by atoms with Gasteiger partial charge in [0.15, 0.2) is 0 Å². The van der Waals surface area contributed by atoms with Crippen LogP contribution in [0.4, 0.5) is 0 Å². The molecule has 0 aromatic carbocycles. The summed E-state index contributed by atoms with van der Waals surface area (Å²) >= 11 is 3.54. The van der Waals surface area contributed by atoms with Gasteiger partial charge in [0.1, 0.15) is 5.76 Å². The highest BCUT2D eigenvalue weighted by Crippen LogP contribution is 2.28. The Labute approximate surface area is 113 Å². The Morgan fingerprint density at radius 2 is 2.00 bits per heavy atom. The Balaban J connectivity index is 2.36. The summed E-state index contributed by atoms with van der Waals surface area (Å²) in [5.41, 5.74) is 0. The van der Waals surface area contributed by atoms with Crippen LogP contribution >= 0.6 is 15.9 Å². The molecule has 0 fully saturated rings. The average Bonchev–Trinajstić information content (AvgIpc) is 2.74. The number of halogens is 1. The molecule has 0 spiro atoms. The summed E-state index contributed by atoms with van der Waals surface area (Å²) in [6.45, 7) is 5.37. The maximum Gasteiger partial charge on any atom is 0.134 e. The summed E-state index contributed by atoms with van der Waals surface area (Å²) in [7, 11) is 0. The number of hydrogen-bond donors (Lipinski definition) is 1. The lowest BCUT2D eigenvalue weighted by Crippen LogP contribution is -2.20. The second-order valence-electron chi connectivity index (χ2n) is 4.45. The average molecular weight is 302 g/mol. The van der Waals surface area contributed by atoms with E-state index in [1.54, 1.807) is 6.26 Å². The van der Waals surface area contributed by atoms with E-state index in [2.05, 4.69) is 35.1 Å². The summed E-state index contributed by atoms with van der Waals surface area (Å²) in [6.07, 6.45) is 9.52. The number of rotatable bonds is 9. The van der Waals surface area contributed by atoms with Crippen molar-refractivity contribution >= 4 is 15.9 Å². The second kappa shape index (κ2) is 8.76. The molecular weight excluding hydrogens is 278 g/mol. The molecule has 0 amide bonds. The molecule has 1 unspecified atom stereocenters. The van der Waals surface area contributed by atoms with Crippen molar-refractivity contribution in [3.8, 4) is 0 Å². The third kappa shape index (κ3) is 5.26. The molecule has 0 aliphatic heterocycles. The lowest BCUT2D eigenvalue weighted by atomic mass is 10.0. The molecule has 1 aromatic heterocycles. The van der Waals surface area contributed by atoms with Crippen molar-refractivity contribution in [1.29, 1.82) is 0 Å². The highest BCUT2D eigenvalue weighted by molar-refractivity contribution is 9.10. The summed E-state index contributed by atoms with van der Waals surface area (Å²) in [4.78, 5) is 0. The van der Waals surface area contributed by atoms with Gasteiger partial charge in [-0.3, -0.25) is 0 Å². The summed E-state index contributed by atoms with van der Waals surface area (Å²) in [5.74, 6) is 1.04. The van der Waals surface area contributed by atoms with E-state index in [1.807, 2.05) is 6.07 Å². The highest BCUT2D eigenvalue weighted by Gasteiger charge is 2.16. The number of nitrogens with one attached hydrogen (secondary N) is 1. The Morgan fingerprint density at radius 3 is 2.59 bits per heavy atom. The SMILES string of the molecule is CCCCCCCC(NCC)c1occc1Br. The van der Waals surface area contributed by atoms with Gasteiger partial charge in [-0.25, -0.2) is 0 Å². The molecule has 0 saturated heterocycles. The minimum Gasteiger partial charge on any atom is -0.466 e. The summed E-state index contributed by atoms with van der Waals surface area (Å²) in [5, 5.41) is 3.49. The van der Waals surface area contributed by atoms with Crippen LogP contribution in [0.15, 0.2) is 21.2 Å². The van der Waals surface area contributed by atoms with E-state index in [9.17, 15) is 0 Å². The first-order valence-corrected chi connectivity index (χ1v) is 7.55. The Bertz CT molecular complexity index is 298. The Morgan fingerprint density at radius 1 is 1.24 bits per heavy atom. The molecule has 1 atom stereocenters. The van der Waals surface area contributed by atoms with E-state index >= 15 is 0 Å². The van der Waals surface area contributed by atoms with Crippen LogP contribution < -0.4 is 5.32 Å². The lowest BCUT2D eigenvalue weighted by Gasteiger charge is -2.16. The van der Waals surface area contributed by atoms with Crippen LogP contribution in [0.3, 0.4) is 0 Å². The van der Waals surface area contributed by atoms with Crippen LogP contribution in [-0.4, -0.2) is 6.54 Å². The molecule has 1 rings (SSSR count). The molecule has 2 nitrogen and oxygen atoms in total. The van der Waals surface area contributed by atoms with Crippen molar-refractivity contribution in [2.45, 2.75) is 58.4 Å². The van der Waals surface area contributed by atoms with Crippen molar-refractivity contribution in [2.75, 3.05) is 6.54 Å². The van der Waals surface area contributed by atoms with Crippen LogP contribution in [0.25, 0.3) is 0 Å². The van der Waals surface area contributed by atoms with Gasteiger partial charge in [-0.15, -0.1) is 0 Å². The van der Waals surface area contributed by atoms with Gasteiger partial charge >= 0.3 is 0 Å². The fourth-order valence-electron chi connectivity index (χ4n) is 2.08. The first-order chi connectivity index (χ1) is 8.29. The summed E-state index contributed by atoms with van der Waals surface area (Å²) in [6, 6.07) is 2.32. The smallest absolute Gasteiger partial charge is 0.134 e. The van der Waals surface area contributed by atoms with Gasteiger partial charge in [0.2, 0.25) is 0 Å². The first kappa shape index (κ1) is 14.8. The Kier molecular flexibility index (Phi) is 7.62. The molecule has 1 aromatic rings. The number of unbranched alkanes of at least 4 members (excludes halogenated alkanes) is 4. The molecular formula is C14H24BrNO. The molecule has 98 valence electrons. The van der Waals surface area contributed by atoms with Gasteiger partial charge < -0.3 is 9.73 Å². The third-order valence-electron chi connectivity index (χ3n) is 3.01. The Hall–Kier alpha value is -0.280. The molecule has 0 bridgehead atoms. The minimum absolute atomic E-state index is 0.353. The molecule has 0 saturated carbocycles. The van der Waals surface area contributed by atoms with Crippen molar-refractivity contribution in [1.82, 2.24) is 5.32 Å². The largest absolute Gasteiger partial charge is 0.466 e. The van der Waals surface area contributed by atoms with Gasteiger partial charge in [0.05, 0.1) is 16.8 Å². The zero-order chi connectivity index (χ0) is 12.5. The monoisotopic (exact) mass is 301 g/mol. The molecule has 0 radical (unpaired) electrons. The second-order valence-corrected chi connectivity index (χ2v) is 5.30. The van der Waals surface area contributed by atoms with E-state index in [0.29, 0.717) is 6.04 Å². The van der Waals surface area contributed by atoms with Crippen molar-refractivity contribution in [2.24, 2.45) is 0 Å². The van der Waals surface area contributed by atoms with Gasteiger partial charge in [-0.2, -0.15) is 0 Å². The fourth-order valence-corrected chi connectivity index (χ4v) is 2.56. The predicted octanol–water partition coefficient (Wildman–Crippen LogP) is 5.05. The zero-order valence-electron chi connectivity index (χ0n) is 11.0. The number of hydrogen-bond acceptors (Lipinski definition) is 2. The molecule has 0 aliphatic carbocycles.